The molecule has 0 aromatic carbocycles. The smallest absolute Gasteiger partial charge is 0.225 e. The van der Waals surface area contributed by atoms with Crippen LogP contribution in [-0.4, -0.2) is 68.1 Å². The van der Waals surface area contributed by atoms with Gasteiger partial charge in [0.15, 0.2) is 0 Å². The highest BCUT2D eigenvalue weighted by Crippen LogP contribution is 2.26. The van der Waals surface area contributed by atoms with Gasteiger partial charge in [-0.15, -0.1) is 0 Å². The summed E-state index contributed by atoms with van der Waals surface area (Å²) < 4.78 is 0. The molecule has 0 saturated carbocycles. The number of carbonyl (C=O) groups excluding carboxylic acids is 1. The van der Waals surface area contributed by atoms with E-state index in [1.165, 1.54) is 0 Å². The molecule has 0 bridgehead atoms. The van der Waals surface area contributed by atoms with Gasteiger partial charge in [0.05, 0.1) is 0 Å². The molecule has 1 fully saturated rings. The largest absolute Gasteiger partial charge is 0.388 e. The van der Waals surface area contributed by atoms with Crippen LogP contribution in [0.5, 0.6) is 0 Å². The van der Waals surface area contributed by atoms with Crippen molar-refractivity contribution in [2.75, 3.05) is 52.4 Å². The van der Waals surface area contributed by atoms with Crippen LogP contribution in [0.4, 0.5) is 0 Å². The molecule has 1 rings (SSSR count). The molecule has 2 N–H and O–H groups in total. The maximum atomic E-state index is 12.1. The molecule has 164 valence electrons. The fraction of sp³-hybridized carbons (Fsp3) is 0.870. The first-order valence-corrected chi connectivity index (χ1v) is 11.3. The first kappa shape index (κ1) is 25.0. The topological polar surface area (TPSA) is 47.6 Å². The molecule has 0 atom stereocenters. The van der Waals surface area contributed by atoms with Gasteiger partial charge in [-0.05, 0) is 38.8 Å². The number of hydrogen-bond acceptors (Lipinski definition) is 4. The molecule has 28 heavy (non-hydrogen) atoms. The first-order chi connectivity index (χ1) is 13.1. The molecule has 0 radical (unpaired) electrons. The minimum Gasteiger partial charge on any atom is -0.388 e. The average molecular weight is 395 g/mol. The molecule has 0 aliphatic carbocycles. The summed E-state index contributed by atoms with van der Waals surface area (Å²) in [5.74, 6) is 0.179. The van der Waals surface area contributed by atoms with Crippen molar-refractivity contribution in [1.82, 2.24) is 20.4 Å². The first-order valence-electron chi connectivity index (χ1n) is 11.3. The van der Waals surface area contributed by atoms with Crippen molar-refractivity contribution in [3.63, 3.8) is 0 Å². The number of piperazine rings is 1. The molecule has 0 spiro atoms. The SMILES string of the molecule is C=C(NCCCN1CCN(CCCNC(=O)C(C)(C)CC)CC1)C(C)(C)CC. The zero-order chi connectivity index (χ0) is 21.2. The van der Waals surface area contributed by atoms with E-state index in [1.807, 2.05) is 13.8 Å². The van der Waals surface area contributed by atoms with E-state index < -0.39 is 0 Å². The summed E-state index contributed by atoms with van der Waals surface area (Å²) in [4.78, 5) is 17.2. The van der Waals surface area contributed by atoms with E-state index in [0.29, 0.717) is 0 Å². The maximum Gasteiger partial charge on any atom is 0.225 e. The maximum absolute atomic E-state index is 12.1. The Labute approximate surface area is 174 Å². The van der Waals surface area contributed by atoms with Gasteiger partial charge in [0.1, 0.15) is 0 Å². The molecule has 0 aromatic heterocycles. The summed E-state index contributed by atoms with van der Waals surface area (Å²) in [6.45, 7) is 25.6. The lowest BCUT2D eigenvalue weighted by atomic mass is 9.87. The van der Waals surface area contributed by atoms with Crippen molar-refractivity contribution in [2.24, 2.45) is 10.8 Å². The lowest BCUT2D eigenvalue weighted by Gasteiger charge is -2.35. The Balaban J connectivity index is 2.09. The summed E-state index contributed by atoms with van der Waals surface area (Å²) >= 11 is 0. The van der Waals surface area contributed by atoms with Gasteiger partial charge in [-0.25, -0.2) is 0 Å². The van der Waals surface area contributed by atoms with Crippen molar-refractivity contribution < 1.29 is 4.79 Å². The van der Waals surface area contributed by atoms with E-state index in [1.54, 1.807) is 0 Å². The number of nitrogens with one attached hydrogen (secondary N) is 2. The fourth-order valence-electron chi connectivity index (χ4n) is 3.14. The molecule has 1 amide bonds. The van der Waals surface area contributed by atoms with Gasteiger partial charge in [-0.3, -0.25) is 4.79 Å². The summed E-state index contributed by atoms with van der Waals surface area (Å²) in [6, 6.07) is 0. The van der Waals surface area contributed by atoms with Gasteiger partial charge in [-0.1, -0.05) is 48.1 Å². The molecule has 5 nitrogen and oxygen atoms in total. The summed E-state index contributed by atoms with van der Waals surface area (Å²) in [6.07, 6.45) is 4.18. The lowest BCUT2D eigenvalue weighted by Crippen LogP contribution is -2.47. The number of rotatable bonds is 13. The Kier molecular flexibility index (Phi) is 10.5. The fourth-order valence-corrected chi connectivity index (χ4v) is 3.14. The van der Waals surface area contributed by atoms with Crippen LogP contribution < -0.4 is 10.6 Å². The van der Waals surface area contributed by atoms with Gasteiger partial charge in [0.25, 0.3) is 0 Å². The van der Waals surface area contributed by atoms with E-state index in [2.05, 4.69) is 54.7 Å². The zero-order valence-electron chi connectivity index (χ0n) is 19.5. The van der Waals surface area contributed by atoms with E-state index in [0.717, 1.165) is 83.7 Å². The highest BCUT2D eigenvalue weighted by atomic mass is 16.2. The van der Waals surface area contributed by atoms with Gasteiger partial charge in [-0.2, -0.15) is 0 Å². The summed E-state index contributed by atoms with van der Waals surface area (Å²) in [7, 11) is 0. The van der Waals surface area contributed by atoms with Crippen LogP contribution in [0.15, 0.2) is 12.3 Å². The number of nitrogens with zero attached hydrogens (tertiary/aromatic N) is 2. The van der Waals surface area contributed by atoms with Crippen LogP contribution >= 0.6 is 0 Å². The summed E-state index contributed by atoms with van der Waals surface area (Å²) in [5.41, 5.74) is 1.09. The van der Waals surface area contributed by atoms with Crippen LogP contribution in [0.25, 0.3) is 0 Å². The Morgan fingerprint density at radius 2 is 1.25 bits per heavy atom. The Bertz CT molecular complexity index is 435. The minimum absolute atomic E-state index is 0.178. The van der Waals surface area contributed by atoms with Crippen molar-refractivity contribution in [1.29, 1.82) is 0 Å². The highest BCUT2D eigenvalue weighted by molar-refractivity contribution is 5.81. The Hall–Kier alpha value is -1.07. The van der Waals surface area contributed by atoms with E-state index >= 15 is 0 Å². The molecule has 5 heteroatoms. The standard InChI is InChI=1S/C23H46N4O/c1-8-22(4,5)20(3)24-12-10-14-26-16-18-27(19-17-26)15-11-13-25-21(28)23(6,7)9-2/h24H,3,8-19H2,1-2,4-7H3,(H,25,28). The molecular weight excluding hydrogens is 348 g/mol. The van der Waals surface area contributed by atoms with Crippen LogP contribution in [0.2, 0.25) is 0 Å². The van der Waals surface area contributed by atoms with Gasteiger partial charge in [0, 0.05) is 55.8 Å². The number of hydrogen-bond donors (Lipinski definition) is 2. The number of carbonyl (C=O) groups is 1. The second-order valence-corrected chi connectivity index (χ2v) is 9.53. The number of allylic oxidation sites excluding steroid dienone is 1. The van der Waals surface area contributed by atoms with Crippen LogP contribution in [0.1, 0.15) is 67.2 Å². The Morgan fingerprint density at radius 3 is 1.68 bits per heavy atom. The normalized spacial score (nSPS) is 16.8. The van der Waals surface area contributed by atoms with E-state index in [4.69, 9.17) is 0 Å². The monoisotopic (exact) mass is 394 g/mol. The molecular formula is C23H46N4O. The molecule has 0 aromatic rings. The van der Waals surface area contributed by atoms with Crippen LogP contribution in [-0.2, 0) is 4.79 Å². The lowest BCUT2D eigenvalue weighted by molar-refractivity contribution is -0.129. The minimum atomic E-state index is -0.251. The summed E-state index contributed by atoms with van der Waals surface area (Å²) in [5, 5.41) is 6.60. The Morgan fingerprint density at radius 1 is 0.821 bits per heavy atom. The third-order valence-electron chi connectivity index (χ3n) is 6.59. The van der Waals surface area contributed by atoms with Gasteiger partial charge < -0.3 is 20.4 Å². The van der Waals surface area contributed by atoms with Crippen molar-refractivity contribution in [3.8, 4) is 0 Å². The highest BCUT2D eigenvalue weighted by Gasteiger charge is 2.24. The van der Waals surface area contributed by atoms with Crippen LogP contribution in [0.3, 0.4) is 0 Å². The van der Waals surface area contributed by atoms with Crippen molar-refractivity contribution in [3.05, 3.63) is 12.3 Å². The zero-order valence-corrected chi connectivity index (χ0v) is 19.5. The molecule has 1 saturated heterocycles. The van der Waals surface area contributed by atoms with Gasteiger partial charge >= 0.3 is 0 Å². The van der Waals surface area contributed by atoms with Gasteiger partial charge in [0.2, 0.25) is 5.91 Å². The molecule has 1 aliphatic heterocycles. The second kappa shape index (κ2) is 11.8. The molecule has 0 unspecified atom stereocenters. The molecule has 1 aliphatic rings. The van der Waals surface area contributed by atoms with E-state index in [-0.39, 0.29) is 16.7 Å². The van der Waals surface area contributed by atoms with Crippen molar-refractivity contribution in [2.45, 2.75) is 67.2 Å². The third-order valence-corrected chi connectivity index (χ3v) is 6.59. The predicted molar refractivity (Wildman–Crippen MR) is 120 cm³/mol. The quantitative estimate of drug-likeness (QED) is 0.470. The molecule has 1 heterocycles. The van der Waals surface area contributed by atoms with Crippen molar-refractivity contribution >= 4 is 5.91 Å². The average Bonchev–Trinajstić information content (AvgIpc) is 2.68. The number of amides is 1. The van der Waals surface area contributed by atoms with E-state index in [9.17, 15) is 4.79 Å². The third kappa shape index (κ3) is 8.52. The second-order valence-electron chi connectivity index (χ2n) is 9.53. The predicted octanol–water partition coefficient (Wildman–Crippen LogP) is 3.48. The van der Waals surface area contributed by atoms with Crippen LogP contribution in [0, 0.1) is 10.8 Å².